The van der Waals surface area contributed by atoms with Crippen LogP contribution in [0.4, 0.5) is 15.8 Å². The van der Waals surface area contributed by atoms with Gasteiger partial charge in [0.05, 0.1) is 10.7 Å². The van der Waals surface area contributed by atoms with Gasteiger partial charge in [0.25, 0.3) is 0 Å². The van der Waals surface area contributed by atoms with Crippen molar-refractivity contribution in [3.63, 3.8) is 0 Å². The van der Waals surface area contributed by atoms with E-state index in [0.717, 1.165) is 50.4 Å². The molecule has 0 radical (unpaired) electrons. The van der Waals surface area contributed by atoms with Crippen molar-refractivity contribution in [2.45, 2.75) is 82.6 Å². The standard InChI is InChI=1S/C39H50ClFN4O7/c1-22-19-30-28(23(2)21-44-15-17-45(18-16-44)27-12-10-26(41)11-13-27)14-9-24(3)39(30,49)35(34(22)50-25(4)46)51-36(47)32-20-38(48)29-7-6-8-31(40)33(29)43(5)52-37(38)42-32/h6-8,10-13,19,23-24,28,30,32,34-35,37,42,48-49H,9,14-18,20-21H2,1-5H3/t23?,24-,28+,30-,32+,34-,35+,37-,38-,39-/m1/s1. The minimum absolute atomic E-state index is 0.0526. The van der Waals surface area contributed by atoms with Gasteiger partial charge in [-0.25, -0.2) is 4.39 Å². The highest BCUT2D eigenvalue weighted by molar-refractivity contribution is 6.33. The second-order valence-corrected chi connectivity index (χ2v) is 16.0. The number of anilines is 2. The van der Waals surface area contributed by atoms with Gasteiger partial charge in [0.2, 0.25) is 0 Å². The fourth-order valence-electron chi connectivity index (χ4n) is 9.54. The van der Waals surface area contributed by atoms with Crippen molar-refractivity contribution in [3.05, 3.63) is 70.5 Å². The summed E-state index contributed by atoms with van der Waals surface area (Å²) in [6.07, 6.45) is 0.472. The summed E-state index contributed by atoms with van der Waals surface area (Å²) >= 11 is 6.47. The van der Waals surface area contributed by atoms with Crippen LogP contribution in [0.25, 0.3) is 0 Å². The molecule has 2 aromatic carbocycles. The average molecular weight is 741 g/mol. The van der Waals surface area contributed by atoms with Gasteiger partial charge in [-0.3, -0.25) is 29.7 Å². The van der Waals surface area contributed by atoms with Crippen LogP contribution in [-0.4, -0.2) is 96.9 Å². The molecule has 5 aliphatic rings. The number of para-hydroxylation sites is 1. The fourth-order valence-corrected chi connectivity index (χ4v) is 9.84. The first-order chi connectivity index (χ1) is 24.7. The number of carbonyl (C=O) groups is 2. The number of halogens is 2. The predicted molar refractivity (Wildman–Crippen MR) is 194 cm³/mol. The fraction of sp³-hybridized carbons (Fsp3) is 0.590. The number of fused-ring (bicyclic) bond motifs is 4. The molecule has 0 bridgehead atoms. The van der Waals surface area contributed by atoms with E-state index in [-0.39, 0.29) is 35.9 Å². The zero-order valence-electron chi connectivity index (χ0n) is 30.4. The first-order valence-electron chi connectivity index (χ1n) is 18.4. The van der Waals surface area contributed by atoms with Crippen molar-refractivity contribution in [2.24, 2.45) is 23.7 Å². The zero-order chi connectivity index (χ0) is 37.1. The largest absolute Gasteiger partial charge is 0.454 e. The van der Waals surface area contributed by atoms with Crippen molar-refractivity contribution in [1.82, 2.24) is 10.2 Å². The van der Waals surface area contributed by atoms with Crippen molar-refractivity contribution in [2.75, 3.05) is 49.7 Å². The van der Waals surface area contributed by atoms with E-state index in [0.29, 0.717) is 22.7 Å². The minimum atomic E-state index is -1.57. The SMILES string of the molecule is CC(=O)O[C@@H]1C(C)=C[C@@H]2[C@H](C(C)CN3CCN(c4ccc(F)cc4)CC3)CC[C@@H](C)[C@]2(O)[C@H]1OC(=O)[C@@H]1C[C@@]2(O)c3cccc(Cl)c3N(C)O[C@H]2N1. The van der Waals surface area contributed by atoms with E-state index < -0.39 is 47.6 Å². The molecular formula is C39H50ClFN4O7. The summed E-state index contributed by atoms with van der Waals surface area (Å²) in [5.41, 5.74) is -0.305. The van der Waals surface area contributed by atoms with E-state index in [1.54, 1.807) is 25.2 Å². The number of nitrogens with zero attached hydrogens (tertiary/aromatic N) is 3. The van der Waals surface area contributed by atoms with E-state index in [9.17, 15) is 24.2 Å². The van der Waals surface area contributed by atoms with Crippen molar-refractivity contribution in [1.29, 1.82) is 0 Å². The number of nitrogens with one attached hydrogen (secondary N) is 1. The van der Waals surface area contributed by atoms with E-state index in [1.165, 1.54) is 24.1 Å². The third-order valence-electron chi connectivity index (χ3n) is 12.3. The maximum atomic E-state index is 14.2. The lowest BCUT2D eigenvalue weighted by Crippen LogP contribution is -2.66. The molecule has 1 unspecified atom stereocenters. The van der Waals surface area contributed by atoms with Gasteiger partial charge in [0, 0.05) is 70.3 Å². The van der Waals surface area contributed by atoms with Gasteiger partial charge in [-0.2, -0.15) is 0 Å². The quantitative estimate of drug-likeness (QED) is 0.277. The van der Waals surface area contributed by atoms with Crippen LogP contribution in [0.5, 0.6) is 0 Å². The van der Waals surface area contributed by atoms with E-state index in [2.05, 4.69) is 22.0 Å². The lowest BCUT2D eigenvalue weighted by molar-refractivity contribution is -0.225. The molecule has 3 aliphatic heterocycles. The highest BCUT2D eigenvalue weighted by Gasteiger charge is 2.62. The third-order valence-corrected chi connectivity index (χ3v) is 12.6. The van der Waals surface area contributed by atoms with Crippen LogP contribution in [0.3, 0.4) is 0 Å². The summed E-state index contributed by atoms with van der Waals surface area (Å²) in [5.74, 6) is -1.82. The summed E-state index contributed by atoms with van der Waals surface area (Å²) < 4.78 is 25.6. The molecule has 10 atom stereocenters. The molecule has 0 amide bonds. The predicted octanol–water partition coefficient (Wildman–Crippen LogP) is 4.39. The van der Waals surface area contributed by atoms with E-state index in [4.69, 9.17) is 25.9 Å². The lowest BCUT2D eigenvalue weighted by Gasteiger charge is -2.56. The Morgan fingerprint density at radius 3 is 2.50 bits per heavy atom. The lowest BCUT2D eigenvalue weighted by atomic mass is 9.55. The molecule has 0 spiro atoms. The summed E-state index contributed by atoms with van der Waals surface area (Å²) in [7, 11) is 1.68. The molecule has 282 valence electrons. The monoisotopic (exact) mass is 740 g/mol. The maximum Gasteiger partial charge on any atom is 0.323 e. The third kappa shape index (κ3) is 6.49. The maximum absolute atomic E-state index is 14.2. The Hall–Kier alpha value is -3.26. The van der Waals surface area contributed by atoms with E-state index in [1.807, 2.05) is 32.1 Å². The number of esters is 2. The zero-order valence-corrected chi connectivity index (χ0v) is 31.2. The van der Waals surface area contributed by atoms with Crippen LogP contribution in [0.15, 0.2) is 54.1 Å². The summed E-state index contributed by atoms with van der Waals surface area (Å²) in [4.78, 5) is 37.3. The molecule has 1 saturated carbocycles. The number of piperazine rings is 1. The molecule has 52 heavy (non-hydrogen) atoms. The molecule has 3 N–H and O–H groups in total. The van der Waals surface area contributed by atoms with Gasteiger partial charge in [-0.15, -0.1) is 0 Å². The normalized spacial score (nSPS) is 35.2. The van der Waals surface area contributed by atoms with Gasteiger partial charge in [-0.1, -0.05) is 43.7 Å². The van der Waals surface area contributed by atoms with Gasteiger partial charge < -0.3 is 24.6 Å². The Kier molecular flexibility index (Phi) is 10.1. The molecule has 11 nitrogen and oxygen atoms in total. The Labute approximate surface area is 309 Å². The van der Waals surface area contributed by atoms with Crippen molar-refractivity contribution in [3.8, 4) is 0 Å². The molecule has 3 heterocycles. The Morgan fingerprint density at radius 1 is 1.10 bits per heavy atom. The highest BCUT2D eigenvalue weighted by atomic mass is 35.5. The molecule has 7 rings (SSSR count). The minimum Gasteiger partial charge on any atom is -0.454 e. The van der Waals surface area contributed by atoms with Crippen molar-refractivity contribution < 1.29 is 38.5 Å². The number of aliphatic hydroxyl groups is 2. The van der Waals surface area contributed by atoms with Gasteiger partial charge in [0.1, 0.15) is 23.1 Å². The first-order valence-corrected chi connectivity index (χ1v) is 18.8. The number of ether oxygens (including phenoxy) is 2. The van der Waals surface area contributed by atoms with Crippen molar-refractivity contribution >= 4 is 34.9 Å². The van der Waals surface area contributed by atoms with Gasteiger partial charge in [0.15, 0.2) is 18.4 Å². The molecule has 2 aliphatic carbocycles. The van der Waals surface area contributed by atoms with Crippen LogP contribution in [0.2, 0.25) is 5.02 Å². The Morgan fingerprint density at radius 2 is 1.81 bits per heavy atom. The second kappa shape index (κ2) is 14.2. The van der Waals surface area contributed by atoms with Crippen LogP contribution >= 0.6 is 11.6 Å². The average Bonchev–Trinajstić information content (AvgIpc) is 3.45. The topological polar surface area (TPSA) is 124 Å². The second-order valence-electron chi connectivity index (χ2n) is 15.6. The summed E-state index contributed by atoms with van der Waals surface area (Å²) in [5, 5.41) is 29.8. The Bertz CT molecular complexity index is 1710. The summed E-state index contributed by atoms with van der Waals surface area (Å²) in [6.45, 7) is 11.6. The molecule has 2 saturated heterocycles. The number of hydrogen-bond donors (Lipinski definition) is 3. The van der Waals surface area contributed by atoms with E-state index >= 15 is 0 Å². The number of rotatable bonds is 7. The smallest absolute Gasteiger partial charge is 0.323 e. The van der Waals surface area contributed by atoms with Gasteiger partial charge in [-0.05, 0) is 73.4 Å². The van der Waals surface area contributed by atoms with Crippen LogP contribution in [0.1, 0.15) is 52.5 Å². The first kappa shape index (κ1) is 37.1. The summed E-state index contributed by atoms with van der Waals surface area (Å²) in [6, 6.07) is 10.9. The Balaban J connectivity index is 1.10. The molecular weight excluding hydrogens is 691 g/mol. The molecule has 13 heteroatoms. The van der Waals surface area contributed by atoms with Crippen LogP contribution in [-0.2, 0) is 29.5 Å². The van der Waals surface area contributed by atoms with Crippen LogP contribution < -0.4 is 15.3 Å². The molecule has 0 aromatic heterocycles. The molecule has 2 aromatic rings. The number of carbonyl (C=O) groups excluding carboxylic acids is 2. The molecule has 3 fully saturated rings. The van der Waals surface area contributed by atoms with Gasteiger partial charge >= 0.3 is 11.9 Å². The van der Waals surface area contributed by atoms with Crippen LogP contribution in [0, 0.1) is 29.5 Å². The number of hydroxylamine groups is 1. The highest BCUT2D eigenvalue weighted by Crippen LogP contribution is 2.53. The number of hydrogen-bond acceptors (Lipinski definition) is 11. The number of benzene rings is 2.